The van der Waals surface area contributed by atoms with Crippen molar-refractivity contribution < 1.29 is 24.0 Å². The number of hydrogen-bond acceptors (Lipinski definition) is 4. The lowest BCUT2D eigenvalue weighted by Gasteiger charge is -2.33. The van der Waals surface area contributed by atoms with E-state index in [1.54, 1.807) is 0 Å². The number of hydrogen-bond donors (Lipinski definition) is 2. The fraction of sp³-hybridized carbons (Fsp3) is 0.500. The molecule has 1 amide bonds. The summed E-state index contributed by atoms with van der Waals surface area (Å²) in [5.41, 5.74) is -0.205. The Hall–Kier alpha value is -1.21. The lowest BCUT2D eigenvalue weighted by molar-refractivity contribution is -0.145. The van der Waals surface area contributed by atoms with Crippen molar-refractivity contribution in [2.24, 2.45) is 0 Å². The Balaban J connectivity index is 2.42. The van der Waals surface area contributed by atoms with Crippen LogP contribution in [0.2, 0.25) is 0 Å². The number of fused-ring (bicyclic) bond motifs is 1. The van der Waals surface area contributed by atoms with Crippen molar-refractivity contribution in [3.8, 4) is 0 Å². The maximum atomic E-state index is 11.7. The van der Waals surface area contributed by atoms with E-state index in [9.17, 15) is 13.8 Å². The lowest BCUT2D eigenvalue weighted by Crippen LogP contribution is -2.51. The molecule has 1 fully saturated rings. The summed E-state index contributed by atoms with van der Waals surface area (Å²) in [5.74, 6) is -1.58. The molecule has 2 rings (SSSR count). The second kappa shape index (κ2) is 3.42. The molecular weight excluding hydrogens is 222 g/mol. The Morgan fingerprint density at radius 2 is 2.27 bits per heavy atom. The van der Waals surface area contributed by atoms with Gasteiger partial charge in [0.15, 0.2) is 0 Å². The summed E-state index contributed by atoms with van der Waals surface area (Å²) >= 11 is 0. The van der Waals surface area contributed by atoms with Crippen LogP contribution in [0.3, 0.4) is 0 Å². The zero-order valence-corrected chi connectivity index (χ0v) is 8.49. The third kappa shape index (κ3) is 1.30. The van der Waals surface area contributed by atoms with Crippen LogP contribution in [0.4, 0.5) is 0 Å². The molecule has 2 aliphatic heterocycles. The van der Waals surface area contributed by atoms with Crippen molar-refractivity contribution in [3.05, 3.63) is 10.6 Å². The number of nitrogens with zero attached hydrogens (tertiary/aromatic N) is 1. The first-order chi connectivity index (χ1) is 7.07. The highest BCUT2D eigenvalue weighted by atomic mass is 32.2. The molecule has 2 heterocycles. The molecule has 0 spiro atoms. The highest BCUT2D eigenvalue weighted by molar-refractivity contribution is 7.90. The molecule has 0 aromatic heterocycles. The molecular formula is C8H9NO5S. The number of aliphatic hydroxyl groups excluding tert-OH is 1. The molecule has 0 aromatic carbocycles. The monoisotopic (exact) mass is 231 g/mol. The summed E-state index contributed by atoms with van der Waals surface area (Å²) in [6, 6.07) is 0. The molecule has 6 nitrogen and oxygen atoms in total. The van der Waals surface area contributed by atoms with Crippen LogP contribution in [-0.4, -0.2) is 43.2 Å². The molecule has 82 valence electrons. The van der Waals surface area contributed by atoms with Crippen LogP contribution in [0.5, 0.6) is 0 Å². The summed E-state index contributed by atoms with van der Waals surface area (Å²) in [6.45, 7) is -0.271. The van der Waals surface area contributed by atoms with Crippen molar-refractivity contribution >= 4 is 22.7 Å². The molecule has 1 saturated heterocycles. The van der Waals surface area contributed by atoms with Gasteiger partial charge < -0.3 is 10.2 Å². The molecule has 2 aliphatic rings. The minimum Gasteiger partial charge on any atom is -0.477 e. The Bertz CT molecular complexity index is 402. The quantitative estimate of drug-likeness (QED) is 0.606. The van der Waals surface area contributed by atoms with Crippen LogP contribution in [0.25, 0.3) is 0 Å². The van der Waals surface area contributed by atoms with Gasteiger partial charge in [-0.25, -0.2) is 4.79 Å². The van der Waals surface area contributed by atoms with E-state index in [0.717, 1.165) is 4.90 Å². The lowest BCUT2D eigenvalue weighted by atomic mass is 10.1. The maximum absolute atomic E-state index is 11.7. The normalized spacial score (nSPS) is 29.1. The van der Waals surface area contributed by atoms with Gasteiger partial charge in [0.05, 0.1) is 22.1 Å². The Kier molecular flexibility index (Phi) is 2.35. The molecule has 7 heteroatoms. The summed E-state index contributed by atoms with van der Waals surface area (Å²) in [7, 11) is -1.48. The molecule has 0 radical (unpaired) electrons. The van der Waals surface area contributed by atoms with Crippen molar-refractivity contribution in [2.75, 3.05) is 6.61 Å². The second-order valence-electron chi connectivity index (χ2n) is 3.27. The van der Waals surface area contributed by atoms with Crippen molar-refractivity contribution in [2.45, 2.75) is 18.2 Å². The van der Waals surface area contributed by atoms with E-state index in [4.69, 9.17) is 10.2 Å². The number of aliphatic carboxylic acids is 1. The van der Waals surface area contributed by atoms with E-state index >= 15 is 0 Å². The van der Waals surface area contributed by atoms with Crippen LogP contribution in [-0.2, 0) is 20.4 Å². The van der Waals surface area contributed by atoms with E-state index < -0.39 is 22.1 Å². The fourth-order valence-electron chi connectivity index (χ4n) is 1.76. The van der Waals surface area contributed by atoms with Gasteiger partial charge in [-0.1, -0.05) is 0 Å². The summed E-state index contributed by atoms with van der Waals surface area (Å²) < 4.78 is 11.7. The van der Waals surface area contributed by atoms with Crippen LogP contribution < -0.4 is 0 Å². The smallest absolute Gasteiger partial charge is 0.353 e. The van der Waals surface area contributed by atoms with Crippen molar-refractivity contribution in [3.63, 3.8) is 0 Å². The number of carbonyl (C=O) groups excluding carboxylic acids is 1. The third-order valence-corrected chi connectivity index (χ3v) is 4.20. The number of carbonyl (C=O) groups is 2. The van der Waals surface area contributed by atoms with E-state index in [1.165, 1.54) is 0 Å². The van der Waals surface area contributed by atoms with Crippen LogP contribution >= 0.6 is 0 Å². The van der Waals surface area contributed by atoms with Gasteiger partial charge in [-0.15, -0.1) is 0 Å². The first-order valence-corrected chi connectivity index (χ1v) is 5.59. The molecule has 0 aliphatic carbocycles. The molecule has 2 N–H and O–H groups in total. The first-order valence-electron chi connectivity index (χ1n) is 4.38. The van der Waals surface area contributed by atoms with E-state index in [1.807, 2.05) is 0 Å². The summed E-state index contributed by atoms with van der Waals surface area (Å²) in [4.78, 5) is 23.3. The van der Waals surface area contributed by atoms with Gasteiger partial charge in [0, 0.05) is 13.0 Å². The van der Waals surface area contributed by atoms with Gasteiger partial charge in [0.2, 0.25) is 5.91 Å². The average molecular weight is 231 g/mol. The number of rotatable bonds is 3. The van der Waals surface area contributed by atoms with Crippen LogP contribution in [0.15, 0.2) is 10.6 Å². The van der Waals surface area contributed by atoms with Crippen LogP contribution in [0.1, 0.15) is 12.8 Å². The van der Waals surface area contributed by atoms with E-state index in [0.29, 0.717) is 0 Å². The van der Waals surface area contributed by atoms with E-state index in [2.05, 4.69) is 0 Å². The summed E-state index contributed by atoms with van der Waals surface area (Å²) in [5, 5.41) is 17.1. The van der Waals surface area contributed by atoms with Gasteiger partial charge in [-0.05, 0) is 0 Å². The highest BCUT2D eigenvalue weighted by Crippen LogP contribution is 2.39. The van der Waals surface area contributed by atoms with Crippen molar-refractivity contribution in [1.82, 2.24) is 4.90 Å². The average Bonchev–Trinajstić information content (AvgIpc) is 2.38. The van der Waals surface area contributed by atoms with Gasteiger partial charge in [-0.2, -0.15) is 0 Å². The molecule has 15 heavy (non-hydrogen) atoms. The molecule has 0 saturated carbocycles. The highest BCUT2D eigenvalue weighted by Gasteiger charge is 2.52. The number of carboxylic acids is 1. The standard InChI is InChI=1S/C8H9NO5S/c10-2-1-4-7(8(12)13)9-5(11)3-6(9)15(4)14/h6,10H,1-3H2,(H,12,13)/t6-,15?/m1/s1. The fourth-order valence-corrected chi connectivity index (χ4v) is 3.47. The number of aliphatic hydroxyl groups is 1. The van der Waals surface area contributed by atoms with Gasteiger partial charge >= 0.3 is 5.97 Å². The topological polar surface area (TPSA) is 94.9 Å². The third-order valence-electron chi connectivity index (χ3n) is 2.44. The molecule has 2 atom stereocenters. The minimum atomic E-state index is -1.48. The second-order valence-corrected chi connectivity index (χ2v) is 4.90. The zero-order valence-electron chi connectivity index (χ0n) is 7.67. The molecule has 0 aromatic rings. The van der Waals surface area contributed by atoms with Gasteiger partial charge in [0.1, 0.15) is 11.1 Å². The number of amides is 1. The Morgan fingerprint density at radius 1 is 1.60 bits per heavy atom. The SMILES string of the molecule is O=C(O)C1=C(CCO)S(=O)[C@@H]2CC(=O)N12. The Labute approximate surface area is 87.6 Å². The van der Waals surface area contributed by atoms with Crippen molar-refractivity contribution in [1.29, 1.82) is 0 Å². The van der Waals surface area contributed by atoms with Gasteiger partial charge in [-0.3, -0.25) is 13.9 Å². The number of carboxylic acid groups (broad SMARTS) is 1. The largest absolute Gasteiger partial charge is 0.477 e. The first kappa shape index (κ1) is 10.3. The predicted molar refractivity (Wildman–Crippen MR) is 49.8 cm³/mol. The maximum Gasteiger partial charge on any atom is 0.353 e. The Morgan fingerprint density at radius 3 is 2.73 bits per heavy atom. The summed E-state index contributed by atoms with van der Waals surface area (Å²) in [6.07, 6.45) is 0.160. The zero-order chi connectivity index (χ0) is 11.2. The van der Waals surface area contributed by atoms with Gasteiger partial charge in [0.25, 0.3) is 0 Å². The molecule has 0 bridgehead atoms. The number of β-lactam (4-membered cyclic amide) rings is 1. The predicted octanol–water partition coefficient (Wildman–Crippen LogP) is -1.01. The molecule has 1 unspecified atom stereocenters. The minimum absolute atomic E-state index is 0.0362. The van der Waals surface area contributed by atoms with Crippen LogP contribution in [0, 0.1) is 0 Å². The van der Waals surface area contributed by atoms with E-state index in [-0.39, 0.29) is 36.0 Å².